The Morgan fingerprint density at radius 3 is 2.21 bits per heavy atom. The van der Waals surface area contributed by atoms with E-state index in [0.29, 0.717) is 18.3 Å². The molecular formula is C24H28N4O. The predicted octanol–water partition coefficient (Wildman–Crippen LogP) is 4.74. The summed E-state index contributed by atoms with van der Waals surface area (Å²) in [7, 11) is 0. The van der Waals surface area contributed by atoms with Gasteiger partial charge in [0.15, 0.2) is 5.69 Å². The van der Waals surface area contributed by atoms with Crippen molar-refractivity contribution in [3.05, 3.63) is 83.7 Å². The van der Waals surface area contributed by atoms with Crippen LogP contribution in [0.5, 0.6) is 0 Å². The van der Waals surface area contributed by atoms with E-state index in [1.165, 1.54) is 30.4 Å². The molecule has 0 bridgehead atoms. The van der Waals surface area contributed by atoms with Gasteiger partial charge in [-0.2, -0.15) is 0 Å². The number of benzene rings is 2. The Bertz CT molecular complexity index is 861. The molecule has 4 rings (SSSR count). The molecule has 3 aromatic rings. The molecule has 0 radical (unpaired) electrons. The van der Waals surface area contributed by atoms with Crippen molar-refractivity contribution in [1.82, 2.24) is 20.3 Å². The molecule has 5 nitrogen and oxygen atoms in total. The van der Waals surface area contributed by atoms with Gasteiger partial charge in [-0.3, -0.25) is 4.79 Å². The molecule has 29 heavy (non-hydrogen) atoms. The Kier molecular flexibility index (Phi) is 6.35. The van der Waals surface area contributed by atoms with E-state index in [4.69, 9.17) is 0 Å². The van der Waals surface area contributed by atoms with Gasteiger partial charge < -0.3 is 5.32 Å². The van der Waals surface area contributed by atoms with Crippen molar-refractivity contribution in [2.45, 2.75) is 50.5 Å². The standard InChI is InChI=1S/C24H28N4O/c29-24(23-18-28(27-26-23)21-14-8-3-9-15-21)25-17-16-22(19-10-4-1-5-11-19)20-12-6-2-7-13-20/h1-2,4-7,10-13,18,21-22H,3,8-9,14-17H2,(H,25,29). The van der Waals surface area contributed by atoms with Crippen LogP contribution in [0.4, 0.5) is 0 Å². The molecule has 1 aromatic heterocycles. The number of carbonyl (C=O) groups excluding carboxylic acids is 1. The van der Waals surface area contributed by atoms with Crippen LogP contribution in [-0.4, -0.2) is 27.4 Å². The van der Waals surface area contributed by atoms with Crippen molar-refractivity contribution in [3.63, 3.8) is 0 Å². The normalized spacial score (nSPS) is 14.8. The molecule has 150 valence electrons. The van der Waals surface area contributed by atoms with Crippen LogP contribution in [-0.2, 0) is 0 Å². The fourth-order valence-corrected chi connectivity index (χ4v) is 4.22. The van der Waals surface area contributed by atoms with Gasteiger partial charge in [-0.05, 0) is 30.4 Å². The van der Waals surface area contributed by atoms with Crippen LogP contribution in [0, 0.1) is 0 Å². The second kappa shape index (κ2) is 9.50. The lowest BCUT2D eigenvalue weighted by Gasteiger charge is -2.20. The first-order valence-corrected chi connectivity index (χ1v) is 10.6. The third kappa shape index (κ3) is 4.91. The number of aromatic nitrogens is 3. The highest BCUT2D eigenvalue weighted by Crippen LogP contribution is 2.28. The van der Waals surface area contributed by atoms with Crippen LogP contribution in [0.1, 0.15) is 72.1 Å². The first-order valence-electron chi connectivity index (χ1n) is 10.6. The molecule has 0 atom stereocenters. The highest BCUT2D eigenvalue weighted by Gasteiger charge is 2.19. The van der Waals surface area contributed by atoms with E-state index < -0.39 is 0 Å². The van der Waals surface area contributed by atoms with Crippen LogP contribution in [0.2, 0.25) is 0 Å². The largest absolute Gasteiger partial charge is 0.351 e. The molecule has 0 saturated heterocycles. The van der Waals surface area contributed by atoms with Crippen molar-refractivity contribution in [3.8, 4) is 0 Å². The average molecular weight is 389 g/mol. The van der Waals surface area contributed by atoms with E-state index in [2.05, 4.69) is 64.2 Å². The fraction of sp³-hybridized carbons (Fsp3) is 0.375. The summed E-state index contributed by atoms with van der Waals surface area (Å²) in [6.07, 6.45) is 8.63. The minimum atomic E-state index is -0.146. The van der Waals surface area contributed by atoms with Crippen LogP contribution < -0.4 is 5.32 Å². The van der Waals surface area contributed by atoms with Gasteiger partial charge in [0.05, 0.1) is 12.2 Å². The Morgan fingerprint density at radius 2 is 1.59 bits per heavy atom. The molecule has 1 aliphatic rings. The number of rotatable bonds is 7. The monoisotopic (exact) mass is 388 g/mol. The Balaban J connectivity index is 1.37. The molecular weight excluding hydrogens is 360 g/mol. The zero-order valence-corrected chi connectivity index (χ0v) is 16.7. The zero-order valence-electron chi connectivity index (χ0n) is 16.7. The summed E-state index contributed by atoms with van der Waals surface area (Å²) >= 11 is 0. The van der Waals surface area contributed by atoms with Crippen LogP contribution in [0.15, 0.2) is 66.9 Å². The highest BCUT2D eigenvalue weighted by atomic mass is 16.2. The predicted molar refractivity (Wildman–Crippen MR) is 114 cm³/mol. The summed E-state index contributed by atoms with van der Waals surface area (Å²) in [5.74, 6) is 0.0996. The summed E-state index contributed by atoms with van der Waals surface area (Å²) in [5.41, 5.74) is 2.93. The number of nitrogens with zero attached hydrogens (tertiary/aromatic N) is 3. The first kappa shape index (κ1) is 19.4. The number of carbonyl (C=O) groups is 1. The maximum atomic E-state index is 12.6. The quantitative estimate of drug-likeness (QED) is 0.636. The summed E-state index contributed by atoms with van der Waals surface area (Å²) < 4.78 is 1.88. The summed E-state index contributed by atoms with van der Waals surface area (Å²) in [5, 5.41) is 11.3. The molecule has 5 heteroatoms. The lowest BCUT2D eigenvalue weighted by molar-refractivity contribution is 0.0947. The maximum absolute atomic E-state index is 12.6. The minimum Gasteiger partial charge on any atom is -0.351 e. The van der Waals surface area contributed by atoms with Gasteiger partial charge in [0.25, 0.3) is 5.91 Å². The zero-order chi connectivity index (χ0) is 19.9. The second-order valence-corrected chi connectivity index (χ2v) is 7.79. The third-order valence-corrected chi connectivity index (χ3v) is 5.81. The van der Waals surface area contributed by atoms with Crippen LogP contribution in [0.25, 0.3) is 0 Å². The molecule has 2 aromatic carbocycles. The van der Waals surface area contributed by atoms with Crippen molar-refractivity contribution >= 4 is 5.91 Å². The molecule has 0 unspecified atom stereocenters. The fourth-order valence-electron chi connectivity index (χ4n) is 4.22. The van der Waals surface area contributed by atoms with Gasteiger partial charge in [-0.1, -0.05) is 85.1 Å². The Morgan fingerprint density at radius 1 is 0.966 bits per heavy atom. The van der Waals surface area contributed by atoms with Gasteiger partial charge in [0.2, 0.25) is 0 Å². The molecule has 1 aliphatic carbocycles. The van der Waals surface area contributed by atoms with E-state index in [0.717, 1.165) is 19.3 Å². The van der Waals surface area contributed by atoms with Gasteiger partial charge in [0, 0.05) is 12.5 Å². The molecule has 0 aliphatic heterocycles. The first-order chi connectivity index (χ1) is 14.3. The topological polar surface area (TPSA) is 59.8 Å². The number of hydrogen-bond donors (Lipinski definition) is 1. The summed E-state index contributed by atoms with van der Waals surface area (Å²) in [6.45, 7) is 0.587. The summed E-state index contributed by atoms with van der Waals surface area (Å²) in [6, 6.07) is 21.3. The molecule has 1 fully saturated rings. The molecule has 0 spiro atoms. The summed E-state index contributed by atoms with van der Waals surface area (Å²) in [4.78, 5) is 12.6. The number of nitrogens with one attached hydrogen (secondary N) is 1. The SMILES string of the molecule is O=C(NCCC(c1ccccc1)c1ccccc1)c1cn(C2CCCCC2)nn1. The molecule has 1 N–H and O–H groups in total. The highest BCUT2D eigenvalue weighted by molar-refractivity contribution is 5.91. The van der Waals surface area contributed by atoms with Crippen LogP contribution >= 0.6 is 0 Å². The molecule has 1 heterocycles. The number of hydrogen-bond acceptors (Lipinski definition) is 3. The minimum absolute atomic E-state index is 0.146. The van der Waals surface area contributed by atoms with E-state index in [1.807, 2.05) is 16.8 Å². The maximum Gasteiger partial charge on any atom is 0.273 e. The van der Waals surface area contributed by atoms with E-state index in [-0.39, 0.29) is 11.8 Å². The van der Waals surface area contributed by atoms with Crippen molar-refractivity contribution in [2.24, 2.45) is 0 Å². The van der Waals surface area contributed by atoms with E-state index >= 15 is 0 Å². The number of amides is 1. The lowest BCUT2D eigenvalue weighted by atomic mass is 9.88. The van der Waals surface area contributed by atoms with Gasteiger partial charge in [0.1, 0.15) is 0 Å². The Labute approximate surface area is 172 Å². The molecule has 1 amide bonds. The van der Waals surface area contributed by atoms with Crippen molar-refractivity contribution < 1.29 is 4.79 Å². The lowest BCUT2D eigenvalue weighted by Crippen LogP contribution is -2.26. The Hall–Kier alpha value is -2.95. The molecule has 1 saturated carbocycles. The average Bonchev–Trinajstić information content (AvgIpc) is 3.29. The smallest absolute Gasteiger partial charge is 0.273 e. The van der Waals surface area contributed by atoms with Crippen molar-refractivity contribution in [1.29, 1.82) is 0 Å². The second-order valence-electron chi connectivity index (χ2n) is 7.79. The third-order valence-electron chi connectivity index (χ3n) is 5.81. The van der Waals surface area contributed by atoms with E-state index in [1.54, 1.807) is 6.20 Å². The van der Waals surface area contributed by atoms with Gasteiger partial charge in [-0.15, -0.1) is 5.10 Å². The van der Waals surface area contributed by atoms with Gasteiger partial charge >= 0.3 is 0 Å². The van der Waals surface area contributed by atoms with Gasteiger partial charge in [-0.25, -0.2) is 4.68 Å². The van der Waals surface area contributed by atoms with Crippen LogP contribution in [0.3, 0.4) is 0 Å². The van der Waals surface area contributed by atoms with Crippen molar-refractivity contribution in [2.75, 3.05) is 6.54 Å². The van der Waals surface area contributed by atoms with E-state index in [9.17, 15) is 4.79 Å².